The monoisotopic (exact) mass is 372 g/mol. The SMILES string of the molecule is Cc1cccc(-c2nc(C[S@@](=O)CC(=O)NCc3ccco3)c(C)o2)c1. The van der Waals surface area contributed by atoms with Crippen LogP contribution in [0, 0.1) is 13.8 Å². The maximum absolute atomic E-state index is 12.3. The van der Waals surface area contributed by atoms with E-state index in [0.717, 1.165) is 11.1 Å². The molecule has 0 fully saturated rings. The minimum Gasteiger partial charge on any atom is -0.467 e. The van der Waals surface area contributed by atoms with Gasteiger partial charge in [-0.1, -0.05) is 17.7 Å². The predicted octanol–water partition coefficient (Wildman–Crippen LogP) is 3.12. The fourth-order valence-corrected chi connectivity index (χ4v) is 3.53. The summed E-state index contributed by atoms with van der Waals surface area (Å²) in [6.07, 6.45) is 1.54. The highest BCUT2D eigenvalue weighted by molar-refractivity contribution is 7.84. The van der Waals surface area contributed by atoms with Gasteiger partial charge in [0.1, 0.15) is 17.3 Å². The van der Waals surface area contributed by atoms with Crippen molar-refractivity contribution in [2.24, 2.45) is 0 Å². The number of nitrogens with zero attached hydrogens (tertiary/aromatic N) is 1. The fraction of sp³-hybridized carbons (Fsp3) is 0.263. The van der Waals surface area contributed by atoms with E-state index in [2.05, 4.69) is 10.3 Å². The Kier molecular flexibility index (Phi) is 5.68. The lowest BCUT2D eigenvalue weighted by Crippen LogP contribution is -2.28. The van der Waals surface area contributed by atoms with Crippen molar-refractivity contribution >= 4 is 16.7 Å². The molecule has 2 heterocycles. The third-order valence-electron chi connectivity index (χ3n) is 3.79. The summed E-state index contributed by atoms with van der Waals surface area (Å²) < 4.78 is 23.1. The molecule has 0 saturated heterocycles. The minimum absolute atomic E-state index is 0.0905. The first kappa shape index (κ1) is 18.1. The van der Waals surface area contributed by atoms with Crippen LogP contribution in [0.5, 0.6) is 0 Å². The molecule has 0 aliphatic heterocycles. The summed E-state index contributed by atoms with van der Waals surface area (Å²) >= 11 is 0. The van der Waals surface area contributed by atoms with E-state index < -0.39 is 10.8 Å². The molecular weight excluding hydrogens is 352 g/mol. The van der Waals surface area contributed by atoms with Gasteiger partial charge in [0, 0.05) is 16.4 Å². The zero-order valence-electron chi connectivity index (χ0n) is 14.7. The fourth-order valence-electron chi connectivity index (χ4n) is 2.46. The standard InChI is InChI=1S/C19H20N2O4S/c1-13-5-3-6-15(9-13)19-21-17(14(2)25-19)11-26(23)12-18(22)20-10-16-7-4-8-24-16/h3-9H,10-12H2,1-2H3,(H,20,22)/t26-/m1/s1. The van der Waals surface area contributed by atoms with Gasteiger partial charge in [-0.15, -0.1) is 0 Å². The topological polar surface area (TPSA) is 85.3 Å². The van der Waals surface area contributed by atoms with E-state index in [4.69, 9.17) is 8.83 Å². The third kappa shape index (κ3) is 4.70. The van der Waals surface area contributed by atoms with Gasteiger partial charge in [-0.2, -0.15) is 0 Å². The van der Waals surface area contributed by atoms with E-state index in [1.165, 1.54) is 0 Å². The number of carbonyl (C=O) groups excluding carboxylic acids is 1. The molecule has 0 aliphatic rings. The lowest BCUT2D eigenvalue weighted by molar-refractivity contribution is -0.118. The van der Waals surface area contributed by atoms with Gasteiger partial charge in [0.25, 0.3) is 0 Å². The number of carbonyl (C=O) groups is 1. The van der Waals surface area contributed by atoms with Crippen LogP contribution in [0.2, 0.25) is 0 Å². The molecule has 3 aromatic rings. The van der Waals surface area contributed by atoms with Crippen molar-refractivity contribution in [1.29, 1.82) is 0 Å². The van der Waals surface area contributed by atoms with E-state index in [0.29, 0.717) is 23.1 Å². The van der Waals surface area contributed by atoms with Gasteiger partial charge >= 0.3 is 0 Å². The molecule has 1 aromatic carbocycles. The van der Waals surface area contributed by atoms with Crippen molar-refractivity contribution in [3.63, 3.8) is 0 Å². The van der Waals surface area contributed by atoms with E-state index >= 15 is 0 Å². The van der Waals surface area contributed by atoms with Crippen LogP contribution in [0.1, 0.15) is 22.8 Å². The number of furan rings is 1. The van der Waals surface area contributed by atoms with E-state index in [-0.39, 0.29) is 24.0 Å². The van der Waals surface area contributed by atoms with Crippen molar-refractivity contribution < 1.29 is 17.8 Å². The van der Waals surface area contributed by atoms with Gasteiger partial charge in [-0.05, 0) is 38.1 Å². The second-order valence-corrected chi connectivity index (χ2v) is 7.43. The summed E-state index contributed by atoms with van der Waals surface area (Å²) in [6, 6.07) is 11.3. The number of rotatable bonds is 7. The van der Waals surface area contributed by atoms with Crippen LogP contribution < -0.4 is 5.32 Å². The predicted molar refractivity (Wildman–Crippen MR) is 98.7 cm³/mol. The van der Waals surface area contributed by atoms with Crippen molar-refractivity contribution in [2.45, 2.75) is 26.1 Å². The first-order chi connectivity index (χ1) is 12.5. The molecule has 0 spiro atoms. The summed E-state index contributed by atoms with van der Waals surface area (Å²) in [5.74, 6) is 1.56. The highest BCUT2D eigenvalue weighted by Crippen LogP contribution is 2.23. The van der Waals surface area contributed by atoms with Gasteiger partial charge in [0.05, 0.1) is 24.3 Å². The summed E-state index contributed by atoms with van der Waals surface area (Å²) in [4.78, 5) is 16.3. The number of hydrogen-bond acceptors (Lipinski definition) is 5. The van der Waals surface area contributed by atoms with Crippen LogP contribution in [0.4, 0.5) is 0 Å². The Morgan fingerprint density at radius 1 is 1.23 bits per heavy atom. The third-order valence-corrected chi connectivity index (χ3v) is 4.97. The average molecular weight is 372 g/mol. The minimum atomic E-state index is -1.37. The van der Waals surface area contributed by atoms with E-state index in [1.54, 1.807) is 25.3 Å². The Labute approximate surface area is 154 Å². The maximum atomic E-state index is 12.3. The van der Waals surface area contributed by atoms with Gasteiger partial charge in [0.15, 0.2) is 0 Å². The Bertz CT molecular complexity index is 916. The molecule has 1 atom stereocenters. The average Bonchev–Trinajstić information content (AvgIpc) is 3.23. The number of benzene rings is 1. The number of aryl methyl sites for hydroxylation is 2. The van der Waals surface area contributed by atoms with Crippen molar-refractivity contribution in [1.82, 2.24) is 10.3 Å². The molecule has 0 bridgehead atoms. The Balaban J connectivity index is 1.58. The van der Waals surface area contributed by atoms with Gasteiger partial charge in [0.2, 0.25) is 11.8 Å². The van der Waals surface area contributed by atoms with Crippen molar-refractivity contribution in [3.05, 3.63) is 65.4 Å². The quantitative estimate of drug-likeness (QED) is 0.689. The van der Waals surface area contributed by atoms with Crippen LogP contribution in [0.15, 0.2) is 51.5 Å². The first-order valence-electron chi connectivity index (χ1n) is 8.18. The lowest BCUT2D eigenvalue weighted by atomic mass is 10.1. The van der Waals surface area contributed by atoms with Crippen molar-refractivity contribution in [2.75, 3.05) is 5.75 Å². The highest BCUT2D eigenvalue weighted by atomic mass is 32.2. The molecule has 26 heavy (non-hydrogen) atoms. The summed E-state index contributed by atoms with van der Waals surface area (Å²) in [5.41, 5.74) is 2.59. The highest BCUT2D eigenvalue weighted by Gasteiger charge is 2.16. The number of amides is 1. The van der Waals surface area contributed by atoms with E-state index in [1.807, 2.05) is 31.2 Å². The molecular formula is C19H20N2O4S. The zero-order chi connectivity index (χ0) is 18.5. The number of hydrogen-bond donors (Lipinski definition) is 1. The maximum Gasteiger partial charge on any atom is 0.233 e. The number of nitrogens with one attached hydrogen (secondary N) is 1. The summed E-state index contributed by atoms with van der Waals surface area (Å²) in [7, 11) is -1.37. The molecule has 2 aromatic heterocycles. The van der Waals surface area contributed by atoms with Crippen LogP contribution >= 0.6 is 0 Å². The summed E-state index contributed by atoms with van der Waals surface area (Å²) in [6.45, 7) is 4.07. The van der Waals surface area contributed by atoms with Crippen LogP contribution in [0.25, 0.3) is 11.5 Å². The molecule has 1 amide bonds. The lowest BCUT2D eigenvalue weighted by Gasteiger charge is -2.03. The Morgan fingerprint density at radius 3 is 2.81 bits per heavy atom. The smallest absolute Gasteiger partial charge is 0.233 e. The first-order valence-corrected chi connectivity index (χ1v) is 9.67. The molecule has 0 aliphatic carbocycles. The normalized spacial score (nSPS) is 12.1. The number of aromatic nitrogens is 1. The van der Waals surface area contributed by atoms with E-state index in [9.17, 15) is 9.00 Å². The van der Waals surface area contributed by atoms with Crippen molar-refractivity contribution in [3.8, 4) is 11.5 Å². The van der Waals surface area contributed by atoms with Gasteiger partial charge < -0.3 is 14.2 Å². The molecule has 0 radical (unpaired) electrons. The molecule has 1 N–H and O–H groups in total. The molecule has 6 nitrogen and oxygen atoms in total. The Hall–Kier alpha value is -2.67. The summed E-state index contributed by atoms with van der Waals surface area (Å²) in [5, 5.41) is 2.68. The second kappa shape index (κ2) is 8.14. The van der Waals surface area contributed by atoms with Gasteiger partial charge in [-0.25, -0.2) is 4.98 Å². The largest absolute Gasteiger partial charge is 0.467 e. The number of oxazole rings is 1. The zero-order valence-corrected chi connectivity index (χ0v) is 15.5. The van der Waals surface area contributed by atoms with Gasteiger partial charge in [-0.3, -0.25) is 9.00 Å². The second-order valence-electron chi connectivity index (χ2n) is 5.98. The van der Waals surface area contributed by atoms with Crippen LogP contribution in [0.3, 0.4) is 0 Å². The van der Waals surface area contributed by atoms with Crippen LogP contribution in [-0.2, 0) is 27.9 Å². The molecule has 136 valence electrons. The molecule has 3 rings (SSSR count). The molecule has 0 saturated carbocycles. The molecule has 0 unspecified atom stereocenters. The van der Waals surface area contributed by atoms with Crippen LogP contribution in [-0.4, -0.2) is 20.9 Å². The molecule has 7 heteroatoms. The Morgan fingerprint density at radius 2 is 2.08 bits per heavy atom.